The van der Waals surface area contributed by atoms with Crippen molar-refractivity contribution in [1.82, 2.24) is 10.4 Å². The van der Waals surface area contributed by atoms with Crippen molar-refractivity contribution in [2.45, 2.75) is 43.9 Å². The fourth-order valence-corrected chi connectivity index (χ4v) is 4.74. The Morgan fingerprint density at radius 2 is 1.86 bits per heavy atom. The number of nitrogens with zero attached hydrogens (tertiary/aromatic N) is 1. The van der Waals surface area contributed by atoms with E-state index in [1.165, 1.54) is 24.8 Å². The molecule has 0 amide bonds. The van der Waals surface area contributed by atoms with Crippen LogP contribution in [0.25, 0.3) is 5.70 Å². The van der Waals surface area contributed by atoms with E-state index < -0.39 is 0 Å². The molecule has 28 heavy (non-hydrogen) atoms. The first-order valence-corrected chi connectivity index (χ1v) is 10.0. The zero-order chi connectivity index (χ0) is 19.1. The Hall–Kier alpha value is -2.66. The third kappa shape index (κ3) is 2.65. The van der Waals surface area contributed by atoms with Gasteiger partial charge in [-0.05, 0) is 37.1 Å². The number of hydrazine groups is 1. The minimum Gasteiger partial charge on any atom is -0.497 e. The highest BCUT2D eigenvalue weighted by molar-refractivity contribution is 5.72. The maximum absolute atomic E-state index is 6.63. The first kappa shape index (κ1) is 17.4. The molecule has 5 heteroatoms. The predicted octanol–water partition coefficient (Wildman–Crippen LogP) is 4.66. The van der Waals surface area contributed by atoms with Crippen LogP contribution in [-0.2, 0) is 0 Å². The quantitative estimate of drug-likeness (QED) is 0.841. The van der Waals surface area contributed by atoms with E-state index in [1.807, 2.05) is 12.1 Å². The standard InChI is InChI=1S/C23H26N2O3/c1-26-16-10-11-17(22(14-16)27-2)19-15-20-18-8-4-5-9-21(18)28-23(25(20)24-19)12-6-3-7-13-23/h4-5,8-11,14-15,20,24H,3,6-7,12-13H2,1-2H3/t20-/m1/s1. The number of benzene rings is 2. The lowest BCUT2D eigenvalue weighted by Crippen LogP contribution is -2.60. The molecule has 1 N–H and O–H groups in total. The lowest BCUT2D eigenvalue weighted by Gasteiger charge is -2.50. The van der Waals surface area contributed by atoms with Crippen LogP contribution in [0, 0.1) is 0 Å². The van der Waals surface area contributed by atoms with Crippen molar-refractivity contribution in [3.05, 3.63) is 59.7 Å². The fraction of sp³-hybridized carbons (Fsp3) is 0.391. The van der Waals surface area contributed by atoms with Gasteiger partial charge in [-0.25, -0.2) is 0 Å². The van der Waals surface area contributed by atoms with Gasteiger partial charge < -0.3 is 19.6 Å². The molecule has 3 aliphatic rings. The second-order valence-electron chi connectivity index (χ2n) is 7.72. The largest absolute Gasteiger partial charge is 0.497 e. The van der Waals surface area contributed by atoms with E-state index in [1.54, 1.807) is 14.2 Å². The van der Waals surface area contributed by atoms with E-state index in [-0.39, 0.29) is 11.8 Å². The number of hydrogen-bond acceptors (Lipinski definition) is 5. The van der Waals surface area contributed by atoms with Crippen LogP contribution in [0.2, 0.25) is 0 Å². The van der Waals surface area contributed by atoms with Gasteiger partial charge in [0.2, 0.25) is 0 Å². The summed E-state index contributed by atoms with van der Waals surface area (Å²) in [6, 6.07) is 14.5. The summed E-state index contributed by atoms with van der Waals surface area (Å²) in [5.74, 6) is 2.59. The monoisotopic (exact) mass is 378 g/mol. The molecule has 146 valence electrons. The maximum atomic E-state index is 6.63. The van der Waals surface area contributed by atoms with E-state index in [0.29, 0.717) is 0 Å². The molecule has 2 aliphatic heterocycles. The van der Waals surface area contributed by atoms with Crippen LogP contribution in [0.5, 0.6) is 17.2 Å². The molecule has 1 saturated carbocycles. The molecule has 2 heterocycles. The van der Waals surface area contributed by atoms with Crippen molar-refractivity contribution in [2.75, 3.05) is 14.2 Å². The summed E-state index contributed by atoms with van der Waals surface area (Å²) in [5.41, 5.74) is 6.66. The van der Waals surface area contributed by atoms with Crippen LogP contribution in [0.4, 0.5) is 0 Å². The van der Waals surface area contributed by atoms with Gasteiger partial charge in [-0.15, -0.1) is 0 Å². The van der Waals surface area contributed by atoms with Crippen LogP contribution in [0.3, 0.4) is 0 Å². The average Bonchev–Trinajstić information content (AvgIpc) is 3.20. The van der Waals surface area contributed by atoms with Crippen molar-refractivity contribution in [2.24, 2.45) is 0 Å². The van der Waals surface area contributed by atoms with Gasteiger partial charge >= 0.3 is 0 Å². The summed E-state index contributed by atoms with van der Waals surface area (Å²) >= 11 is 0. The van der Waals surface area contributed by atoms with Crippen LogP contribution in [0.1, 0.15) is 49.3 Å². The highest BCUT2D eigenvalue weighted by Crippen LogP contribution is 2.50. The van der Waals surface area contributed by atoms with Crippen LogP contribution < -0.4 is 19.6 Å². The molecule has 0 bridgehead atoms. The average molecular weight is 378 g/mol. The number of nitrogens with one attached hydrogen (secondary N) is 1. The van der Waals surface area contributed by atoms with Crippen molar-refractivity contribution >= 4 is 5.70 Å². The normalized spacial score (nSPS) is 22.5. The number of hydrogen-bond donors (Lipinski definition) is 1. The van der Waals surface area contributed by atoms with Crippen molar-refractivity contribution in [1.29, 1.82) is 0 Å². The second kappa shape index (κ2) is 6.74. The number of fused-ring (bicyclic) bond motifs is 4. The van der Waals surface area contributed by atoms with Gasteiger partial charge in [0.05, 0.1) is 26.0 Å². The molecule has 5 rings (SSSR count). The van der Waals surface area contributed by atoms with Gasteiger partial charge in [0, 0.05) is 30.0 Å². The minimum atomic E-state index is -0.296. The Bertz CT molecular complexity index is 918. The van der Waals surface area contributed by atoms with Gasteiger partial charge in [-0.2, -0.15) is 5.01 Å². The molecule has 1 aliphatic carbocycles. The van der Waals surface area contributed by atoms with Gasteiger partial charge in [-0.3, -0.25) is 0 Å². The van der Waals surface area contributed by atoms with Crippen molar-refractivity contribution < 1.29 is 14.2 Å². The van der Waals surface area contributed by atoms with Gasteiger partial charge in [0.15, 0.2) is 5.72 Å². The number of para-hydroxylation sites is 1. The topological polar surface area (TPSA) is 43.0 Å². The Morgan fingerprint density at radius 1 is 1.04 bits per heavy atom. The van der Waals surface area contributed by atoms with Gasteiger partial charge in [-0.1, -0.05) is 24.6 Å². The molecule has 2 aromatic rings. The third-order valence-electron chi connectivity index (χ3n) is 6.15. The summed E-state index contributed by atoms with van der Waals surface area (Å²) < 4.78 is 17.6. The lowest BCUT2D eigenvalue weighted by molar-refractivity contribution is -0.150. The Labute approximate surface area is 165 Å². The lowest BCUT2D eigenvalue weighted by atomic mass is 9.87. The van der Waals surface area contributed by atoms with Crippen LogP contribution in [0.15, 0.2) is 48.5 Å². The smallest absolute Gasteiger partial charge is 0.180 e. The Morgan fingerprint density at radius 3 is 2.64 bits per heavy atom. The van der Waals surface area contributed by atoms with Gasteiger partial charge in [0.1, 0.15) is 17.2 Å². The molecule has 0 aromatic heterocycles. The summed E-state index contributed by atoms with van der Waals surface area (Å²) in [6.07, 6.45) is 8.01. The summed E-state index contributed by atoms with van der Waals surface area (Å²) in [6.45, 7) is 0. The first-order valence-electron chi connectivity index (χ1n) is 10.0. The van der Waals surface area contributed by atoms with Crippen molar-refractivity contribution in [3.63, 3.8) is 0 Å². The predicted molar refractivity (Wildman–Crippen MR) is 108 cm³/mol. The SMILES string of the molecule is COc1ccc(C2=C[C@@H]3c4ccccc4OC4(CCCCC4)N3N2)c(OC)c1. The molecule has 0 saturated heterocycles. The van der Waals surface area contributed by atoms with E-state index in [2.05, 4.69) is 46.8 Å². The van der Waals surface area contributed by atoms with Gasteiger partial charge in [0.25, 0.3) is 0 Å². The highest BCUT2D eigenvalue weighted by atomic mass is 16.5. The molecule has 5 nitrogen and oxygen atoms in total. The molecule has 2 aromatic carbocycles. The zero-order valence-corrected chi connectivity index (χ0v) is 16.4. The van der Waals surface area contributed by atoms with E-state index in [4.69, 9.17) is 14.2 Å². The maximum Gasteiger partial charge on any atom is 0.180 e. The Balaban J connectivity index is 1.58. The third-order valence-corrected chi connectivity index (χ3v) is 6.15. The molecule has 0 radical (unpaired) electrons. The molecule has 1 atom stereocenters. The molecule has 1 spiro atoms. The number of ether oxygens (including phenoxy) is 3. The molecular formula is C23H26N2O3. The second-order valence-corrected chi connectivity index (χ2v) is 7.72. The first-order chi connectivity index (χ1) is 13.7. The summed E-state index contributed by atoms with van der Waals surface area (Å²) in [4.78, 5) is 0. The Kier molecular flexibility index (Phi) is 4.20. The highest BCUT2D eigenvalue weighted by Gasteiger charge is 2.50. The fourth-order valence-electron chi connectivity index (χ4n) is 4.74. The minimum absolute atomic E-state index is 0.143. The molecular weight excluding hydrogens is 352 g/mol. The molecule has 1 fully saturated rings. The zero-order valence-electron chi connectivity index (χ0n) is 16.4. The van der Waals surface area contributed by atoms with E-state index in [9.17, 15) is 0 Å². The number of rotatable bonds is 3. The van der Waals surface area contributed by atoms with Crippen molar-refractivity contribution in [3.8, 4) is 17.2 Å². The van der Waals surface area contributed by atoms with E-state index >= 15 is 0 Å². The summed E-state index contributed by atoms with van der Waals surface area (Å²) in [7, 11) is 3.37. The molecule has 0 unspecified atom stereocenters. The van der Waals surface area contributed by atoms with E-state index in [0.717, 1.165) is 41.4 Å². The van der Waals surface area contributed by atoms with Crippen LogP contribution in [-0.4, -0.2) is 25.0 Å². The summed E-state index contributed by atoms with van der Waals surface area (Å²) in [5, 5.41) is 2.33. The van der Waals surface area contributed by atoms with Crippen LogP contribution >= 0.6 is 0 Å². The number of methoxy groups -OCH3 is 2.